The average Bonchev–Trinajstić information content (AvgIpc) is 2.72. The number of amides is 1. The molecule has 0 spiro atoms. The fraction of sp³-hybridized carbons (Fsp3) is 0.227. The Hall–Kier alpha value is -3.59. The first-order valence-corrected chi connectivity index (χ1v) is 8.90. The Morgan fingerprint density at radius 2 is 1.89 bits per heavy atom. The van der Waals surface area contributed by atoms with E-state index in [0.29, 0.717) is 12.1 Å². The second kappa shape index (κ2) is 9.93. The first kappa shape index (κ1) is 20.7. The molecule has 0 atom stereocenters. The average molecular weight is 377 g/mol. The van der Waals surface area contributed by atoms with Gasteiger partial charge in [0.05, 0.1) is 12.7 Å². The number of carbonyl (C=O) groups is 2. The van der Waals surface area contributed by atoms with Gasteiger partial charge in [0.1, 0.15) is 11.6 Å². The van der Waals surface area contributed by atoms with Crippen LogP contribution in [0.2, 0.25) is 0 Å². The van der Waals surface area contributed by atoms with Crippen molar-refractivity contribution in [1.29, 1.82) is 5.26 Å². The minimum atomic E-state index is -0.458. The van der Waals surface area contributed by atoms with Crippen LogP contribution in [0.4, 0.5) is 5.69 Å². The zero-order chi connectivity index (χ0) is 20.5. The van der Waals surface area contributed by atoms with E-state index in [4.69, 9.17) is 0 Å². The summed E-state index contributed by atoms with van der Waals surface area (Å²) in [4.78, 5) is 23.9. The maximum absolute atomic E-state index is 12.5. The summed E-state index contributed by atoms with van der Waals surface area (Å²) in [6, 6.07) is 14.6. The van der Waals surface area contributed by atoms with Crippen molar-refractivity contribution in [3.05, 3.63) is 76.5 Å². The molecule has 144 valence electrons. The summed E-state index contributed by atoms with van der Waals surface area (Å²) in [5.41, 5.74) is 4.05. The molecule has 0 aliphatic heterocycles. The van der Waals surface area contributed by atoms with Gasteiger partial charge in [0.2, 0.25) is 0 Å². The number of nitriles is 1. The van der Waals surface area contributed by atoms with E-state index in [-0.39, 0.29) is 5.57 Å². The van der Waals surface area contributed by atoms with Crippen LogP contribution in [0.15, 0.2) is 54.2 Å². The third-order valence-electron chi connectivity index (χ3n) is 4.27. The molecule has 28 heavy (non-hydrogen) atoms. The van der Waals surface area contributed by atoms with Gasteiger partial charge in [-0.1, -0.05) is 37.3 Å². The number of methoxy groups -OCH3 is 1. The summed E-state index contributed by atoms with van der Waals surface area (Å²) in [6.45, 7) is 4.34. The quantitative estimate of drug-likeness (QED) is 0.438. The van der Waals surface area contributed by atoms with Crippen LogP contribution in [0, 0.1) is 18.3 Å². The number of ether oxygens (including phenoxy) is 1. The van der Waals surface area contributed by atoms with E-state index in [9.17, 15) is 14.9 Å². The molecular formula is C22H23N3O3. The molecule has 0 bridgehead atoms. The van der Waals surface area contributed by atoms with Gasteiger partial charge in [0, 0.05) is 18.4 Å². The van der Waals surface area contributed by atoms with Gasteiger partial charge >= 0.3 is 5.97 Å². The van der Waals surface area contributed by atoms with Crippen molar-refractivity contribution in [3.8, 4) is 6.07 Å². The Bertz CT molecular complexity index is 925. The summed E-state index contributed by atoms with van der Waals surface area (Å²) in [6.07, 6.45) is 2.18. The highest BCUT2D eigenvalue weighted by Crippen LogP contribution is 2.21. The van der Waals surface area contributed by atoms with Crippen LogP contribution in [-0.4, -0.2) is 19.0 Å². The Labute approximate surface area is 164 Å². The molecule has 0 aromatic heterocycles. The molecule has 1 amide bonds. The highest BCUT2D eigenvalue weighted by Gasteiger charge is 2.13. The monoisotopic (exact) mass is 377 g/mol. The van der Waals surface area contributed by atoms with Gasteiger partial charge in [-0.3, -0.25) is 4.79 Å². The molecule has 0 aliphatic rings. The van der Waals surface area contributed by atoms with Crippen LogP contribution in [0.3, 0.4) is 0 Å². The Morgan fingerprint density at radius 3 is 2.50 bits per heavy atom. The third kappa shape index (κ3) is 5.21. The third-order valence-corrected chi connectivity index (χ3v) is 4.27. The number of anilines is 1. The minimum Gasteiger partial charge on any atom is -0.465 e. The fourth-order valence-corrected chi connectivity index (χ4v) is 2.68. The van der Waals surface area contributed by atoms with Gasteiger partial charge in [0.25, 0.3) is 5.91 Å². The second-order valence-corrected chi connectivity index (χ2v) is 6.16. The van der Waals surface area contributed by atoms with Crippen molar-refractivity contribution in [2.45, 2.75) is 26.8 Å². The van der Waals surface area contributed by atoms with E-state index in [2.05, 4.69) is 15.4 Å². The molecule has 2 aromatic rings. The van der Waals surface area contributed by atoms with Crippen LogP contribution in [0.5, 0.6) is 0 Å². The Kier molecular flexibility index (Phi) is 7.35. The predicted octanol–water partition coefficient (Wildman–Crippen LogP) is 3.48. The number of esters is 1. The molecule has 0 aliphatic carbocycles. The summed E-state index contributed by atoms with van der Waals surface area (Å²) >= 11 is 0. The standard InChI is InChI=1S/C22H23N3O3/c1-4-17-7-5-6-15(2)20(17)25-21(26)19(12-23)14-24-13-16-8-10-18(11-9-16)22(27)28-3/h5-11,14,24H,4,13H2,1-3H3,(H,25,26)/b19-14-. The molecule has 0 radical (unpaired) electrons. The van der Waals surface area contributed by atoms with Gasteiger partial charge in [-0.05, 0) is 42.2 Å². The number of rotatable bonds is 7. The SMILES string of the molecule is CCc1cccc(C)c1NC(=O)/C(C#N)=C\NCc1ccc(C(=O)OC)cc1. The number of aryl methyl sites for hydroxylation is 2. The summed E-state index contributed by atoms with van der Waals surface area (Å²) in [5, 5.41) is 15.1. The van der Waals surface area contributed by atoms with Crippen molar-refractivity contribution in [1.82, 2.24) is 5.32 Å². The van der Waals surface area contributed by atoms with Crippen molar-refractivity contribution in [3.63, 3.8) is 0 Å². The second-order valence-electron chi connectivity index (χ2n) is 6.16. The van der Waals surface area contributed by atoms with E-state index in [0.717, 1.165) is 28.8 Å². The lowest BCUT2D eigenvalue weighted by Gasteiger charge is -2.12. The largest absolute Gasteiger partial charge is 0.465 e. The van der Waals surface area contributed by atoms with Crippen molar-refractivity contribution in [2.75, 3.05) is 12.4 Å². The highest BCUT2D eigenvalue weighted by atomic mass is 16.5. The van der Waals surface area contributed by atoms with E-state index in [1.165, 1.54) is 13.3 Å². The fourth-order valence-electron chi connectivity index (χ4n) is 2.68. The maximum Gasteiger partial charge on any atom is 0.337 e. The van der Waals surface area contributed by atoms with Crippen molar-refractivity contribution < 1.29 is 14.3 Å². The Morgan fingerprint density at radius 1 is 1.18 bits per heavy atom. The van der Waals surface area contributed by atoms with E-state index in [1.54, 1.807) is 24.3 Å². The molecule has 0 unspecified atom stereocenters. The van der Waals surface area contributed by atoms with Crippen LogP contribution in [0.25, 0.3) is 0 Å². The van der Waals surface area contributed by atoms with Gasteiger partial charge < -0.3 is 15.4 Å². The predicted molar refractivity (Wildman–Crippen MR) is 108 cm³/mol. The van der Waals surface area contributed by atoms with Gasteiger partial charge in [-0.15, -0.1) is 0 Å². The van der Waals surface area contributed by atoms with Crippen LogP contribution in [-0.2, 0) is 22.5 Å². The smallest absolute Gasteiger partial charge is 0.337 e. The zero-order valence-electron chi connectivity index (χ0n) is 16.2. The normalized spacial score (nSPS) is 10.7. The van der Waals surface area contributed by atoms with E-state index in [1.807, 2.05) is 38.1 Å². The first-order chi connectivity index (χ1) is 13.5. The van der Waals surface area contributed by atoms with E-state index < -0.39 is 11.9 Å². The van der Waals surface area contributed by atoms with Gasteiger partial charge in [-0.2, -0.15) is 5.26 Å². The number of carbonyl (C=O) groups excluding carboxylic acids is 2. The lowest BCUT2D eigenvalue weighted by Crippen LogP contribution is -2.18. The number of hydrogen-bond donors (Lipinski definition) is 2. The van der Waals surface area contributed by atoms with Crippen LogP contribution < -0.4 is 10.6 Å². The molecule has 2 rings (SSSR count). The van der Waals surface area contributed by atoms with E-state index >= 15 is 0 Å². The number of hydrogen-bond acceptors (Lipinski definition) is 5. The zero-order valence-corrected chi connectivity index (χ0v) is 16.2. The van der Waals surface area contributed by atoms with Crippen molar-refractivity contribution in [2.24, 2.45) is 0 Å². The molecule has 0 fully saturated rings. The number of para-hydroxylation sites is 1. The number of nitrogens with one attached hydrogen (secondary N) is 2. The molecule has 6 nitrogen and oxygen atoms in total. The summed E-state index contributed by atoms with van der Waals surface area (Å²) in [5.74, 6) is -0.856. The minimum absolute atomic E-state index is 0.0171. The van der Waals surface area contributed by atoms with Crippen molar-refractivity contribution >= 4 is 17.6 Å². The number of nitrogens with zero attached hydrogens (tertiary/aromatic N) is 1. The molecule has 2 aromatic carbocycles. The highest BCUT2D eigenvalue weighted by molar-refractivity contribution is 6.07. The summed E-state index contributed by atoms with van der Waals surface area (Å²) in [7, 11) is 1.33. The molecule has 0 heterocycles. The molecule has 0 saturated heterocycles. The Balaban J connectivity index is 2.03. The molecule has 2 N–H and O–H groups in total. The topological polar surface area (TPSA) is 91.2 Å². The van der Waals surface area contributed by atoms with Crippen LogP contribution in [0.1, 0.15) is 34.0 Å². The van der Waals surface area contributed by atoms with Gasteiger partial charge in [-0.25, -0.2) is 4.79 Å². The maximum atomic E-state index is 12.5. The molecule has 6 heteroatoms. The molecule has 0 saturated carbocycles. The lowest BCUT2D eigenvalue weighted by atomic mass is 10.1. The number of benzene rings is 2. The molecular weight excluding hydrogens is 354 g/mol. The first-order valence-electron chi connectivity index (χ1n) is 8.90. The van der Waals surface area contributed by atoms with Crippen LogP contribution >= 0.6 is 0 Å². The summed E-state index contributed by atoms with van der Waals surface area (Å²) < 4.78 is 4.66. The van der Waals surface area contributed by atoms with Gasteiger partial charge in [0.15, 0.2) is 0 Å². The lowest BCUT2D eigenvalue weighted by molar-refractivity contribution is -0.112.